The first-order valence-corrected chi connectivity index (χ1v) is 7.54. The van der Waals surface area contributed by atoms with Crippen LogP contribution in [-0.2, 0) is 5.33 Å². The van der Waals surface area contributed by atoms with Crippen molar-refractivity contribution >= 4 is 49.1 Å². The van der Waals surface area contributed by atoms with Gasteiger partial charge in [0.05, 0.1) is 0 Å². The van der Waals surface area contributed by atoms with E-state index in [1.807, 2.05) is 23.1 Å². The smallest absolute Gasteiger partial charge is 0.0377 e. The van der Waals surface area contributed by atoms with Crippen molar-refractivity contribution in [3.63, 3.8) is 0 Å². The lowest BCUT2D eigenvalue weighted by Crippen LogP contribution is -1.76. The number of fused-ring (bicyclic) bond motifs is 1. The van der Waals surface area contributed by atoms with E-state index in [-0.39, 0.29) is 0 Å². The van der Waals surface area contributed by atoms with Crippen LogP contribution in [0.1, 0.15) is 10.4 Å². The predicted molar refractivity (Wildman–Crippen MR) is 71.0 cm³/mol. The van der Waals surface area contributed by atoms with Gasteiger partial charge >= 0.3 is 0 Å². The van der Waals surface area contributed by atoms with Gasteiger partial charge in [-0.3, -0.25) is 0 Å². The minimum Gasteiger partial charge on any atom is -0.139 e. The van der Waals surface area contributed by atoms with Crippen molar-refractivity contribution < 1.29 is 0 Å². The molecule has 74 valence electrons. The summed E-state index contributed by atoms with van der Waals surface area (Å²) in [5, 5.41) is 2.33. The summed E-state index contributed by atoms with van der Waals surface area (Å²) in [7, 11) is 0. The van der Waals surface area contributed by atoms with Crippen molar-refractivity contribution in [2.24, 2.45) is 0 Å². The molecule has 0 aliphatic carbocycles. The van der Waals surface area contributed by atoms with E-state index in [2.05, 4.69) is 47.3 Å². The molecule has 3 heteroatoms. The Kier molecular flexibility index (Phi) is 3.20. The molecule has 0 aliphatic heterocycles. The van der Waals surface area contributed by atoms with E-state index in [1.165, 1.54) is 25.4 Å². The van der Waals surface area contributed by atoms with Gasteiger partial charge in [0.1, 0.15) is 0 Å². The largest absolute Gasteiger partial charge is 0.139 e. The molecular formula is C11H11BrS2. The Bertz CT molecular complexity index is 460. The number of hydrogen-bond donors (Lipinski definition) is 0. The molecule has 2 rings (SSSR count). The Morgan fingerprint density at radius 2 is 2.14 bits per heavy atom. The molecule has 14 heavy (non-hydrogen) atoms. The van der Waals surface area contributed by atoms with Crippen molar-refractivity contribution in [2.75, 3.05) is 6.26 Å². The molecule has 0 fully saturated rings. The summed E-state index contributed by atoms with van der Waals surface area (Å²) in [5.74, 6) is 0. The highest BCUT2D eigenvalue weighted by Gasteiger charge is 2.04. The third kappa shape index (κ3) is 1.86. The topological polar surface area (TPSA) is 0 Å². The Morgan fingerprint density at radius 3 is 2.79 bits per heavy atom. The molecule has 0 N–H and O–H groups in total. The molecule has 0 atom stereocenters. The quantitative estimate of drug-likeness (QED) is 0.563. The molecule has 0 nitrogen and oxygen atoms in total. The number of benzene rings is 1. The summed E-state index contributed by atoms with van der Waals surface area (Å²) in [4.78, 5) is 2.79. The molecule has 0 spiro atoms. The summed E-state index contributed by atoms with van der Waals surface area (Å²) >= 11 is 7.19. The second kappa shape index (κ2) is 4.25. The standard InChI is InChI=1S/C11H11BrS2/c1-7-3-8-4-9(6-12)14-11(8)5-10(7)13-2/h3-5H,6H2,1-2H3. The normalized spacial score (nSPS) is 11.1. The van der Waals surface area contributed by atoms with Gasteiger partial charge in [-0.15, -0.1) is 23.1 Å². The monoisotopic (exact) mass is 286 g/mol. The highest BCUT2D eigenvalue weighted by molar-refractivity contribution is 9.08. The summed E-state index contributed by atoms with van der Waals surface area (Å²) < 4.78 is 1.40. The van der Waals surface area contributed by atoms with E-state index >= 15 is 0 Å². The van der Waals surface area contributed by atoms with Crippen LogP contribution in [0.5, 0.6) is 0 Å². The SMILES string of the molecule is CSc1cc2sc(CBr)cc2cc1C. The highest BCUT2D eigenvalue weighted by atomic mass is 79.9. The number of thiophene rings is 1. The number of halogens is 1. The molecular weight excluding hydrogens is 276 g/mol. The minimum absolute atomic E-state index is 0.958. The van der Waals surface area contributed by atoms with Crippen molar-refractivity contribution in [2.45, 2.75) is 17.1 Å². The van der Waals surface area contributed by atoms with Gasteiger partial charge < -0.3 is 0 Å². The van der Waals surface area contributed by atoms with Crippen LogP contribution >= 0.6 is 39.0 Å². The van der Waals surface area contributed by atoms with Crippen LogP contribution in [0.25, 0.3) is 10.1 Å². The van der Waals surface area contributed by atoms with E-state index in [0.29, 0.717) is 0 Å². The van der Waals surface area contributed by atoms with Crippen molar-refractivity contribution in [3.8, 4) is 0 Å². The van der Waals surface area contributed by atoms with Crippen molar-refractivity contribution in [3.05, 3.63) is 28.6 Å². The van der Waals surface area contributed by atoms with Gasteiger partial charge in [-0.25, -0.2) is 0 Å². The average Bonchev–Trinajstić information content (AvgIpc) is 2.58. The van der Waals surface area contributed by atoms with Gasteiger partial charge in [-0.1, -0.05) is 15.9 Å². The van der Waals surface area contributed by atoms with Crippen LogP contribution in [0.4, 0.5) is 0 Å². The van der Waals surface area contributed by atoms with E-state index in [4.69, 9.17) is 0 Å². The number of rotatable bonds is 2. The lowest BCUT2D eigenvalue weighted by Gasteiger charge is -2.01. The summed E-state index contributed by atoms with van der Waals surface area (Å²) in [6, 6.07) is 6.85. The first-order chi connectivity index (χ1) is 6.74. The first kappa shape index (κ1) is 10.5. The van der Waals surface area contributed by atoms with Gasteiger partial charge in [0, 0.05) is 19.8 Å². The molecule has 1 aromatic heterocycles. The fourth-order valence-electron chi connectivity index (χ4n) is 1.52. The van der Waals surface area contributed by atoms with E-state index < -0.39 is 0 Å². The van der Waals surface area contributed by atoms with Gasteiger partial charge in [0.25, 0.3) is 0 Å². The maximum absolute atomic E-state index is 3.49. The van der Waals surface area contributed by atoms with Gasteiger partial charge in [0.15, 0.2) is 0 Å². The fourth-order valence-corrected chi connectivity index (χ4v) is 3.65. The lowest BCUT2D eigenvalue weighted by molar-refractivity contribution is 1.34. The molecule has 1 aromatic carbocycles. The number of alkyl halides is 1. The third-order valence-corrected chi connectivity index (χ3v) is 5.17. The Labute approximate surface area is 101 Å². The van der Waals surface area contributed by atoms with Gasteiger partial charge in [-0.05, 0) is 42.3 Å². The number of thioether (sulfide) groups is 1. The number of hydrogen-bond acceptors (Lipinski definition) is 2. The van der Waals surface area contributed by atoms with Crippen LogP contribution in [0, 0.1) is 6.92 Å². The first-order valence-electron chi connectivity index (χ1n) is 4.37. The van der Waals surface area contributed by atoms with E-state index in [1.54, 1.807) is 0 Å². The fraction of sp³-hybridized carbons (Fsp3) is 0.273. The van der Waals surface area contributed by atoms with Crippen LogP contribution in [-0.4, -0.2) is 6.26 Å². The summed E-state index contributed by atoms with van der Waals surface area (Å²) in [5.41, 5.74) is 1.38. The Morgan fingerprint density at radius 1 is 1.36 bits per heavy atom. The second-order valence-corrected chi connectivity index (χ2v) is 5.78. The lowest BCUT2D eigenvalue weighted by atomic mass is 10.2. The van der Waals surface area contributed by atoms with Gasteiger partial charge in [0.2, 0.25) is 0 Å². The average molecular weight is 287 g/mol. The van der Waals surface area contributed by atoms with Crippen LogP contribution in [0.3, 0.4) is 0 Å². The Balaban J connectivity index is 2.64. The van der Waals surface area contributed by atoms with Crippen LogP contribution in [0.15, 0.2) is 23.1 Å². The van der Waals surface area contributed by atoms with Crippen LogP contribution in [0.2, 0.25) is 0 Å². The summed E-state index contributed by atoms with van der Waals surface area (Å²) in [6.45, 7) is 2.18. The maximum Gasteiger partial charge on any atom is 0.0377 e. The molecule has 0 saturated carbocycles. The summed E-state index contributed by atoms with van der Waals surface area (Å²) in [6.07, 6.45) is 2.13. The zero-order chi connectivity index (χ0) is 10.1. The third-order valence-electron chi connectivity index (χ3n) is 2.22. The zero-order valence-electron chi connectivity index (χ0n) is 8.13. The maximum atomic E-state index is 3.49. The molecule has 0 aliphatic rings. The molecule has 0 amide bonds. The van der Waals surface area contributed by atoms with Crippen LogP contribution < -0.4 is 0 Å². The number of aryl methyl sites for hydroxylation is 1. The van der Waals surface area contributed by atoms with Gasteiger partial charge in [-0.2, -0.15) is 0 Å². The molecule has 2 aromatic rings. The van der Waals surface area contributed by atoms with Crippen molar-refractivity contribution in [1.82, 2.24) is 0 Å². The Hall–Kier alpha value is 0.01000. The van der Waals surface area contributed by atoms with E-state index in [0.717, 1.165) is 5.33 Å². The minimum atomic E-state index is 0.958. The van der Waals surface area contributed by atoms with Crippen molar-refractivity contribution in [1.29, 1.82) is 0 Å². The molecule has 0 bridgehead atoms. The van der Waals surface area contributed by atoms with E-state index in [9.17, 15) is 0 Å². The molecule has 0 saturated heterocycles. The molecule has 1 heterocycles. The molecule has 0 unspecified atom stereocenters. The molecule has 0 radical (unpaired) electrons. The highest BCUT2D eigenvalue weighted by Crippen LogP contribution is 2.32. The zero-order valence-corrected chi connectivity index (χ0v) is 11.4. The predicted octanol–water partition coefficient (Wildman–Crippen LogP) is 4.83. The second-order valence-electron chi connectivity index (χ2n) is 3.21.